The zero-order chi connectivity index (χ0) is 38.0. The fraction of sp³-hybridized carbons (Fsp3) is 0.359. The summed E-state index contributed by atoms with van der Waals surface area (Å²) in [6, 6.07) is 16.8. The van der Waals surface area contributed by atoms with Crippen molar-refractivity contribution >= 4 is 24.1 Å². The predicted octanol–water partition coefficient (Wildman–Crippen LogP) is 4.99. The van der Waals surface area contributed by atoms with Crippen LogP contribution in [-0.4, -0.2) is 64.7 Å². The Balaban J connectivity index is 0.00000345. The van der Waals surface area contributed by atoms with Gasteiger partial charge in [-0.15, -0.1) is 0 Å². The number of hydrogen-bond donors (Lipinski definition) is 4. The van der Waals surface area contributed by atoms with Crippen LogP contribution in [0.4, 0.5) is 0 Å². The number of Topliss-reactive ketones (excluding diaryl/α,β-unsaturated/α-hetero) is 1. The molecular weight excluding hydrogens is 648 g/mol. The second kappa shape index (κ2) is 17.6. The van der Waals surface area contributed by atoms with Gasteiger partial charge in [-0.1, -0.05) is 43.3 Å². The molecule has 4 rings (SSSR count). The van der Waals surface area contributed by atoms with Crippen molar-refractivity contribution in [1.82, 2.24) is 14.9 Å². The lowest BCUT2D eigenvalue weighted by Crippen LogP contribution is -2.46. The molecule has 0 aliphatic rings. The van der Waals surface area contributed by atoms with Gasteiger partial charge in [-0.25, -0.2) is 4.98 Å². The Bertz CT molecular complexity index is 1840. The van der Waals surface area contributed by atoms with Crippen LogP contribution < -0.4 is 21.9 Å². The summed E-state index contributed by atoms with van der Waals surface area (Å²) in [5.41, 5.74) is 21.3. The van der Waals surface area contributed by atoms with Gasteiger partial charge in [0, 0.05) is 18.0 Å². The molecule has 0 spiro atoms. The molecule has 51 heavy (non-hydrogen) atoms. The Morgan fingerprint density at radius 1 is 1.04 bits per heavy atom. The van der Waals surface area contributed by atoms with E-state index in [1.54, 1.807) is 49.2 Å². The zero-order valence-corrected chi connectivity index (χ0v) is 30.7. The van der Waals surface area contributed by atoms with E-state index in [9.17, 15) is 19.2 Å². The van der Waals surface area contributed by atoms with Gasteiger partial charge in [-0.05, 0) is 100 Å². The van der Waals surface area contributed by atoms with Crippen molar-refractivity contribution in [2.75, 3.05) is 14.2 Å². The number of primary amides is 1. The van der Waals surface area contributed by atoms with Gasteiger partial charge in [-0.2, -0.15) is 0 Å². The fourth-order valence-corrected chi connectivity index (χ4v) is 5.96. The number of benzene rings is 3. The molecule has 0 aliphatic heterocycles. The number of rotatable bonds is 15. The lowest BCUT2D eigenvalue weighted by molar-refractivity contribution is -0.142. The van der Waals surface area contributed by atoms with Crippen LogP contribution in [0.25, 0.3) is 11.3 Å². The number of hydrogen-bond acceptors (Lipinski definition) is 9. The third kappa shape index (κ3) is 9.47. The number of H-pyrrole nitrogens is 1. The van der Waals surface area contributed by atoms with Gasteiger partial charge in [0.05, 0.1) is 36.6 Å². The third-order valence-electron chi connectivity index (χ3n) is 9.22. The van der Waals surface area contributed by atoms with Gasteiger partial charge in [-0.3, -0.25) is 19.2 Å². The van der Waals surface area contributed by atoms with E-state index in [0.717, 1.165) is 22.4 Å². The number of methoxy groups -OCH3 is 1. The standard InChI is InChI=1S/C38H45N5O6.CH5N/c1-22-15-28(35(40)46)17-30(23(2)38(5,6)49-21-44)29(22)18-32(39)37(47)43(20-26-13-14-34(48-7)31(16-26)25(4)45)24(3)36-41-19-33(42-36)27-11-9-8-10-12-27;1-2/h8-17,19,21,23-24,32H,18,20,39H2,1-7H3,(H2,40,46)(H,41,42);2H2,1H3. The summed E-state index contributed by atoms with van der Waals surface area (Å²) in [6.45, 7) is 11.1. The maximum Gasteiger partial charge on any atom is 0.293 e. The van der Waals surface area contributed by atoms with Gasteiger partial charge in [0.25, 0.3) is 6.47 Å². The Labute approximate surface area is 299 Å². The fourth-order valence-electron chi connectivity index (χ4n) is 5.96. The van der Waals surface area contributed by atoms with Crippen molar-refractivity contribution in [1.29, 1.82) is 0 Å². The Morgan fingerprint density at radius 2 is 1.71 bits per heavy atom. The maximum absolute atomic E-state index is 14.5. The van der Waals surface area contributed by atoms with Crippen LogP contribution >= 0.6 is 0 Å². The van der Waals surface area contributed by atoms with Crippen LogP contribution in [0, 0.1) is 6.92 Å². The number of ether oxygens (including phenoxy) is 2. The van der Waals surface area contributed by atoms with Gasteiger partial charge < -0.3 is 36.6 Å². The SMILES string of the molecule is CN.COc1ccc(CN(C(=O)C(N)Cc2c(C)cc(C(N)=O)cc2C(C)C(C)(C)OC=O)C(C)c2ncc(-c3ccccc3)[nH]2)cc1C(C)=O. The number of carbonyl (C=O) groups excluding carboxylic acids is 4. The van der Waals surface area contributed by atoms with Crippen LogP contribution in [0.15, 0.2) is 66.9 Å². The molecule has 2 amide bonds. The second-order valence-electron chi connectivity index (χ2n) is 12.9. The second-order valence-corrected chi connectivity index (χ2v) is 12.9. The summed E-state index contributed by atoms with van der Waals surface area (Å²) in [5.74, 6) is -0.509. The average molecular weight is 699 g/mol. The van der Waals surface area contributed by atoms with E-state index in [1.807, 2.05) is 57.2 Å². The minimum atomic E-state index is -1.02. The van der Waals surface area contributed by atoms with E-state index in [4.69, 9.17) is 20.9 Å². The molecule has 0 bridgehead atoms. The number of aromatic amines is 1. The molecule has 0 saturated carbocycles. The molecule has 3 atom stereocenters. The Morgan fingerprint density at radius 3 is 2.29 bits per heavy atom. The minimum absolute atomic E-state index is 0.124. The van der Waals surface area contributed by atoms with Crippen LogP contribution in [0.2, 0.25) is 0 Å². The largest absolute Gasteiger partial charge is 0.496 e. The van der Waals surface area contributed by atoms with Gasteiger partial charge >= 0.3 is 0 Å². The van der Waals surface area contributed by atoms with Crippen molar-refractivity contribution in [3.63, 3.8) is 0 Å². The molecule has 4 aromatic rings. The summed E-state index contributed by atoms with van der Waals surface area (Å²) in [7, 11) is 3.00. The molecule has 0 radical (unpaired) electrons. The highest BCUT2D eigenvalue weighted by Gasteiger charge is 2.34. The van der Waals surface area contributed by atoms with Gasteiger partial charge in [0.1, 0.15) is 17.2 Å². The van der Waals surface area contributed by atoms with Crippen LogP contribution in [0.3, 0.4) is 0 Å². The minimum Gasteiger partial charge on any atom is -0.496 e. The first-order valence-electron chi connectivity index (χ1n) is 16.6. The van der Waals surface area contributed by atoms with Crippen molar-refractivity contribution < 1.29 is 28.7 Å². The van der Waals surface area contributed by atoms with E-state index >= 15 is 0 Å². The molecular formula is C39H50N6O6. The normalized spacial score (nSPS) is 12.8. The molecule has 0 fully saturated rings. The molecule has 3 aromatic carbocycles. The van der Waals surface area contributed by atoms with Crippen molar-refractivity contribution in [2.24, 2.45) is 17.2 Å². The zero-order valence-electron chi connectivity index (χ0n) is 30.7. The number of carbonyl (C=O) groups is 4. The maximum atomic E-state index is 14.5. The first-order valence-corrected chi connectivity index (χ1v) is 16.6. The Kier molecular flexibility index (Phi) is 13.8. The van der Waals surface area contributed by atoms with Crippen molar-refractivity contribution in [2.45, 2.75) is 78.1 Å². The van der Waals surface area contributed by atoms with E-state index in [2.05, 4.69) is 15.7 Å². The summed E-state index contributed by atoms with van der Waals surface area (Å²) in [5, 5.41) is 0. The molecule has 12 heteroatoms. The summed E-state index contributed by atoms with van der Waals surface area (Å²) >= 11 is 0. The average Bonchev–Trinajstić information content (AvgIpc) is 3.62. The van der Waals surface area contributed by atoms with E-state index < -0.39 is 23.6 Å². The summed E-state index contributed by atoms with van der Waals surface area (Å²) in [4.78, 5) is 60.1. The molecule has 12 nitrogen and oxygen atoms in total. The number of imidazole rings is 1. The number of nitrogens with zero attached hydrogens (tertiary/aromatic N) is 2. The summed E-state index contributed by atoms with van der Waals surface area (Å²) in [6.07, 6.45) is 1.85. The first kappa shape index (κ1) is 40.1. The summed E-state index contributed by atoms with van der Waals surface area (Å²) < 4.78 is 10.8. The highest BCUT2D eigenvalue weighted by atomic mass is 16.5. The molecule has 1 aromatic heterocycles. The molecule has 0 saturated heterocycles. The molecule has 0 aliphatic carbocycles. The van der Waals surface area contributed by atoms with Gasteiger partial charge in [0.2, 0.25) is 11.8 Å². The predicted molar refractivity (Wildman–Crippen MR) is 197 cm³/mol. The molecule has 1 heterocycles. The smallest absolute Gasteiger partial charge is 0.293 e. The van der Waals surface area contributed by atoms with Crippen LogP contribution in [0.1, 0.15) is 95.4 Å². The first-order chi connectivity index (χ1) is 24.2. The molecule has 7 N–H and O–H groups in total. The monoisotopic (exact) mass is 698 g/mol. The van der Waals surface area contributed by atoms with Crippen molar-refractivity contribution in [3.8, 4) is 17.0 Å². The number of aryl methyl sites for hydroxylation is 1. The third-order valence-corrected chi connectivity index (χ3v) is 9.22. The molecule has 272 valence electrons. The molecule has 3 unspecified atom stereocenters. The van der Waals surface area contributed by atoms with Gasteiger partial charge in [0.15, 0.2) is 5.78 Å². The van der Waals surface area contributed by atoms with Crippen LogP contribution in [-0.2, 0) is 27.3 Å². The number of nitrogens with one attached hydrogen (secondary N) is 1. The van der Waals surface area contributed by atoms with Crippen LogP contribution in [0.5, 0.6) is 5.75 Å². The number of ketones is 1. The number of nitrogens with two attached hydrogens (primary N) is 3. The van der Waals surface area contributed by atoms with E-state index in [1.165, 1.54) is 21.1 Å². The lowest BCUT2D eigenvalue weighted by atomic mass is 9.80. The Hall–Kier alpha value is -5.33. The quantitative estimate of drug-likeness (QED) is 0.0977. The van der Waals surface area contributed by atoms with Crippen molar-refractivity contribution in [3.05, 3.63) is 106 Å². The number of amides is 2. The highest BCUT2D eigenvalue weighted by molar-refractivity contribution is 5.97. The van der Waals surface area contributed by atoms with E-state index in [0.29, 0.717) is 40.3 Å². The lowest BCUT2D eigenvalue weighted by Gasteiger charge is -2.34. The topological polar surface area (TPSA) is 197 Å². The highest BCUT2D eigenvalue weighted by Crippen LogP contribution is 2.35. The van der Waals surface area contributed by atoms with E-state index in [-0.39, 0.29) is 30.6 Å². The number of aromatic nitrogens is 2.